The van der Waals surface area contributed by atoms with Crippen molar-refractivity contribution in [2.24, 2.45) is 0 Å². The second kappa shape index (κ2) is 1.52. The van der Waals surface area contributed by atoms with Crippen LogP contribution in [0, 0.1) is 5.41 Å². The van der Waals surface area contributed by atoms with Gasteiger partial charge in [0.2, 0.25) is 0 Å². The quantitative estimate of drug-likeness (QED) is 0.437. The molecule has 0 fully saturated rings. The zero-order valence-corrected chi connectivity index (χ0v) is 4.57. The van der Waals surface area contributed by atoms with Crippen molar-refractivity contribution in [2.75, 3.05) is 6.26 Å². The summed E-state index contributed by atoms with van der Waals surface area (Å²) < 4.78 is 0. The molecule has 0 aromatic rings. The lowest BCUT2D eigenvalue weighted by Crippen LogP contribution is -1.51. The molecule has 1 atom stereocenters. The van der Waals surface area contributed by atoms with Crippen LogP contribution in [0.4, 0.5) is 0 Å². The lowest BCUT2D eigenvalue weighted by molar-refractivity contribution is 2.11. The van der Waals surface area contributed by atoms with Crippen molar-refractivity contribution in [3.63, 3.8) is 0 Å². The normalized spacial score (nSPS) is 23.2. The molecular formula is C5H7S. The fourth-order valence-electron chi connectivity index (χ4n) is 0.376. The van der Waals surface area contributed by atoms with Crippen molar-refractivity contribution in [3.05, 3.63) is 23.0 Å². The van der Waals surface area contributed by atoms with E-state index in [0.29, 0.717) is 0 Å². The zero-order valence-electron chi connectivity index (χ0n) is 3.68. The van der Waals surface area contributed by atoms with Crippen molar-refractivity contribution in [1.82, 2.24) is 0 Å². The van der Waals surface area contributed by atoms with E-state index in [4.69, 9.17) is 0 Å². The Balaban J connectivity index is 2.60. The van der Waals surface area contributed by atoms with Gasteiger partial charge in [-0.05, 0) is 17.7 Å². The van der Waals surface area contributed by atoms with Gasteiger partial charge in [0, 0.05) is 5.41 Å². The van der Waals surface area contributed by atoms with Gasteiger partial charge >= 0.3 is 0 Å². The van der Waals surface area contributed by atoms with E-state index in [2.05, 4.69) is 17.1 Å². The molecule has 0 spiro atoms. The summed E-state index contributed by atoms with van der Waals surface area (Å²) in [5, 5.41) is 5.32. The molecule has 0 saturated heterocycles. The Bertz CT molecular complexity index is 80.1. The van der Waals surface area contributed by atoms with Gasteiger partial charge in [0.25, 0.3) is 0 Å². The van der Waals surface area contributed by atoms with Gasteiger partial charge in [-0.1, -0.05) is 6.08 Å². The molecule has 1 aliphatic heterocycles. The molecule has 1 radical (unpaired) electrons. The summed E-state index contributed by atoms with van der Waals surface area (Å²) in [6, 6.07) is 0. The van der Waals surface area contributed by atoms with Crippen LogP contribution in [0.5, 0.6) is 0 Å². The molecule has 1 unspecified atom stereocenters. The van der Waals surface area contributed by atoms with Crippen LogP contribution in [0.2, 0.25) is 0 Å². The first-order valence-electron chi connectivity index (χ1n) is 1.88. The third-order valence-electron chi connectivity index (χ3n) is 0.684. The first-order valence-corrected chi connectivity index (χ1v) is 3.74. The summed E-state index contributed by atoms with van der Waals surface area (Å²) in [6.45, 7) is 0. The van der Waals surface area contributed by atoms with Gasteiger partial charge in [-0.2, -0.15) is 0 Å². The lowest BCUT2D eigenvalue weighted by Gasteiger charge is -1.91. The van der Waals surface area contributed by atoms with Crippen molar-refractivity contribution in [1.29, 1.82) is 0 Å². The third kappa shape index (κ3) is 0.658. The average Bonchev–Trinajstić information content (AvgIpc) is 1.86. The number of allylic oxidation sites excluding steroid dienone is 2. The van der Waals surface area contributed by atoms with Crippen molar-refractivity contribution in [2.45, 2.75) is 0 Å². The van der Waals surface area contributed by atoms with E-state index in [1.165, 1.54) is 0 Å². The Morgan fingerprint density at radius 3 is 2.67 bits per heavy atom. The van der Waals surface area contributed by atoms with E-state index in [1.807, 2.05) is 12.2 Å². The minimum atomic E-state index is 0.0489. The molecule has 0 aromatic heterocycles. The highest BCUT2D eigenvalue weighted by Gasteiger charge is 1.85. The molecule has 1 rings (SSSR count). The minimum Gasteiger partial charge on any atom is -0.209 e. The number of thiol groups is 1. The van der Waals surface area contributed by atoms with Crippen LogP contribution in [0.15, 0.2) is 17.6 Å². The fourth-order valence-corrected chi connectivity index (χ4v) is 1.13. The Labute approximate surface area is 40.9 Å². The van der Waals surface area contributed by atoms with Crippen LogP contribution in [0.3, 0.4) is 0 Å². The van der Waals surface area contributed by atoms with Gasteiger partial charge in [-0.25, -0.2) is 10.9 Å². The van der Waals surface area contributed by atoms with Gasteiger partial charge in [0.15, 0.2) is 0 Å². The van der Waals surface area contributed by atoms with Gasteiger partial charge in [-0.15, -0.1) is 0 Å². The molecule has 1 aliphatic rings. The van der Waals surface area contributed by atoms with E-state index < -0.39 is 0 Å². The van der Waals surface area contributed by atoms with Crippen molar-refractivity contribution >= 4 is 10.9 Å². The molecule has 33 valence electrons. The van der Waals surface area contributed by atoms with Crippen LogP contribution in [0.25, 0.3) is 0 Å². The SMILES string of the molecule is C[SH]1[C]=CC=C1. The zero-order chi connectivity index (χ0) is 4.41. The van der Waals surface area contributed by atoms with Crippen LogP contribution in [-0.2, 0) is 0 Å². The predicted molar refractivity (Wildman–Crippen MR) is 31.9 cm³/mol. The van der Waals surface area contributed by atoms with E-state index in [0.717, 1.165) is 0 Å². The summed E-state index contributed by atoms with van der Waals surface area (Å²) >= 11 is 0. The van der Waals surface area contributed by atoms with Crippen LogP contribution < -0.4 is 0 Å². The number of rotatable bonds is 0. The molecule has 0 N–H and O–H groups in total. The van der Waals surface area contributed by atoms with Crippen molar-refractivity contribution in [3.8, 4) is 0 Å². The maximum atomic E-state index is 3.15. The second-order valence-corrected chi connectivity index (χ2v) is 3.03. The van der Waals surface area contributed by atoms with E-state index in [9.17, 15) is 0 Å². The topological polar surface area (TPSA) is 0 Å². The van der Waals surface area contributed by atoms with Crippen LogP contribution in [0.1, 0.15) is 0 Å². The van der Waals surface area contributed by atoms with Gasteiger partial charge in [-0.3, -0.25) is 0 Å². The summed E-state index contributed by atoms with van der Waals surface area (Å²) in [5.74, 6) is 0. The monoisotopic (exact) mass is 99.0 g/mol. The van der Waals surface area contributed by atoms with Gasteiger partial charge in [0.1, 0.15) is 0 Å². The Kier molecular flexibility index (Phi) is 1.01. The molecule has 0 bridgehead atoms. The van der Waals surface area contributed by atoms with Crippen molar-refractivity contribution < 1.29 is 0 Å². The highest BCUT2D eigenvalue weighted by atomic mass is 32.2. The molecule has 0 aliphatic carbocycles. The second-order valence-electron chi connectivity index (χ2n) is 1.25. The molecule has 0 aromatic carbocycles. The molecule has 0 saturated carbocycles. The molecule has 0 nitrogen and oxygen atoms in total. The molecule has 0 amide bonds. The average molecular weight is 99.2 g/mol. The number of hydrogen-bond donors (Lipinski definition) is 1. The maximum Gasteiger partial charge on any atom is 0.00297 e. The highest BCUT2D eigenvalue weighted by molar-refractivity contribution is 8.20. The first-order chi connectivity index (χ1) is 2.89. The van der Waals surface area contributed by atoms with Gasteiger partial charge in [0.05, 0.1) is 0 Å². The fraction of sp³-hybridized carbons (Fsp3) is 0.200. The Morgan fingerprint density at radius 2 is 2.50 bits per heavy atom. The Hall–Kier alpha value is -0.170. The standard InChI is InChI=1S/C5H7S/c1-6-4-2-3-5-6/h2-4,6H,1H3. The molecule has 1 heteroatoms. The third-order valence-corrected chi connectivity index (χ3v) is 1.86. The Morgan fingerprint density at radius 1 is 1.67 bits per heavy atom. The van der Waals surface area contributed by atoms with E-state index in [-0.39, 0.29) is 10.9 Å². The van der Waals surface area contributed by atoms with Gasteiger partial charge < -0.3 is 0 Å². The summed E-state index contributed by atoms with van der Waals surface area (Å²) in [7, 11) is 0.0489. The van der Waals surface area contributed by atoms with Crippen LogP contribution in [-0.4, -0.2) is 6.26 Å². The first kappa shape index (κ1) is 4.00. The summed E-state index contributed by atoms with van der Waals surface area (Å²) in [5.41, 5.74) is 0. The predicted octanol–water partition coefficient (Wildman–Crippen LogP) is 1.46. The maximum absolute atomic E-state index is 3.15. The molecule has 1 heterocycles. The summed E-state index contributed by atoms with van der Waals surface area (Å²) in [4.78, 5) is 0. The highest BCUT2D eigenvalue weighted by Crippen LogP contribution is 2.25. The van der Waals surface area contributed by atoms with E-state index >= 15 is 0 Å². The van der Waals surface area contributed by atoms with E-state index in [1.54, 1.807) is 0 Å². The summed E-state index contributed by atoms with van der Waals surface area (Å²) in [6.07, 6.45) is 6.20. The smallest absolute Gasteiger partial charge is 0.00297 e. The number of hydrogen-bond acceptors (Lipinski definition) is 0. The lowest BCUT2D eigenvalue weighted by atomic mass is 10.6. The van der Waals surface area contributed by atoms with Crippen LogP contribution >= 0.6 is 10.9 Å². The minimum absolute atomic E-state index is 0.0489. The molecule has 6 heavy (non-hydrogen) atoms. The largest absolute Gasteiger partial charge is 0.209 e. The molecular weight excluding hydrogens is 92.1 g/mol.